The lowest BCUT2D eigenvalue weighted by Gasteiger charge is -2.33. The zero-order valence-corrected chi connectivity index (χ0v) is 17.9. The van der Waals surface area contributed by atoms with Crippen molar-refractivity contribution in [2.75, 3.05) is 11.5 Å². The summed E-state index contributed by atoms with van der Waals surface area (Å²) in [5.74, 6) is -0.235. The van der Waals surface area contributed by atoms with Crippen LogP contribution in [-0.4, -0.2) is 41.3 Å². The third-order valence-electron chi connectivity index (χ3n) is 5.46. The molecule has 158 valence electrons. The molecule has 2 aromatic carbocycles. The van der Waals surface area contributed by atoms with E-state index in [0.29, 0.717) is 30.0 Å². The first-order valence-corrected chi connectivity index (χ1v) is 10.4. The average molecular weight is 408 g/mol. The summed E-state index contributed by atoms with van der Waals surface area (Å²) in [6.07, 6.45) is 0.659. The first-order chi connectivity index (χ1) is 14.4. The molecule has 0 saturated carbocycles. The summed E-state index contributed by atoms with van der Waals surface area (Å²) in [5.41, 5.74) is 2.05. The summed E-state index contributed by atoms with van der Waals surface area (Å²) in [6, 6.07) is 13.1. The molecule has 3 rings (SSSR count). The van der Waals surface area contributed by atoms with Crippen LogP contribution in [-0.2, 0) is 9.59 Å². The molecule has 1 heterocycles. The predicted octanol–water partition coefficient (Wildman–Crippen LogP) is 3.97. The van der Waals surface area contributed by atoms with Gasteiger partial charge in [0.15, 0.2) is 0 Å². The van der Waals surface area contributed by atoms with Crippen molar-refractivity contribution in [3.63, 3.8) is 0 Å². The minimum Gasteiger partial charge on any atom is -0.494 e. The second-order valence-electron chi connectivity index (χ2n) is 7.55. The molecule has 0 aliphatic carbocycles. The highest BCUT2D eigenvalue weighted by atomic mass is 16.5. The molecule has 1 aliphatic heterocycles. The lowest BCUT2D eigenvalue weighted by Crippen LogP contribution is -2.49. The number of carbonyl (C=O) groups excluding carboxylic acids is 3. The van der Waals surface area contributed by atoms with Crippen LogP contribution in [0.4, 0.5) is 5.69 Å². The van der Waals surface area contributed by atoms with Gasteiger partial charge in [0.05, 0.1) is 18.7 Å². The van der Waals surface area contributed by atoms with Crippen LogP contribution in [0.15, 0.2) is 48.5 Å². The number of anilines is 1. The Balaban J connectivity index is 1.89. The van der Waals surface area contributed by atoms with Crippen LogP contribution in [0.2, 0.25) is 0 Å². The van der Waals surface area contributed by atoms with Gasteiger partial charge in [-0.1, -0.05) is 24.6 Å². The molecule has 1 aliphatic rings. The predicted molar refractivity (Wildman–Crippen MR) is 116 cm³/mol. The van der Waals surface area contributed by atoms with E-state index in [1.807, 2.05) is 39.8 Å². The van der Waals surface area contributed by atoms with Crippen molar-refractivity contribution in [1.82, 2.24) is 4.90 Å². The SMILES string of the molecule is CCOc1ccc(N2C(=O)CC(N(C(=O)c3ccc(C)cc3)C(C)CC)C2=O)cc1. The van der Waals surface area contributed by atoms with Gasteiger partial charge in [-0.2, -0.15) is 0 Å². The molecular formula is C24H28N2O4. The molecule has 1 saturated heterocycles. The van der Waals surface area contributed by atoms with Gasteiger partial charge < -0.3 is 9.64 Å². The van der Waals surface area contributed by atoms with Gasteiger partial charge in [0.25, 0.3) is 11.8 Å². The minimum absolute atomic E-state index is 0.0199. The highest BCUT2D eigenvalue weighted by molar-refractivity contribution is 6.23. The van der Waals surface area contributed by atoms with E-state index >= 15 is 0 Å². The number of benzene rings is 2. The van der Waals surface area contributed by atoms with Crippen LogP contribution in [0.3, 0.4) is 0 Å². The smallest absolute Gasteiger partial charge is 0.257 e. The zero-order valence-electron chi connectivity index (χ0n) is 17.9. The highest BCUT2D eigenvalue weighted by Crippen LogP contribution is 2.29. The van der Waals surface area contributed by atoms with Crippen molar-refractivity contribution < 1.29 is 19.1 Å². The molecule has 2 aromatic rings. The number of hydrogen-bond acceptors (Lipinski definition) is 4. The Morgan fingerprint density at radius 3 is 2.30 bits per heavy atom. The summed E-state index contributed by atoms with van der Waals surface area (Å²) in [6.45, 7) is 8.25. The summed E-state index contributed by atoms with van der Waals surface area (Å²) < 4.78 is 5.43. The number of carbonyl (C=O) groups is 3. The van der Waals surface area contributed by atoms with Gasteiger partial charge in [0, 0.05) is 11.6 Å². The molecule has 0 bridgehead atoms. The first kappa shape index (κ1) is 21.6. The van der Waals surface area contributed by atoms with Crippen LogP contribution in [0.25, 0.3) is 0 Å². The minimum atomic E-state index is -0.812. The molecule has 6 nitrogen and oxygen atoms in total. The number of amides is 3. The van der Waals surface area contributed by atoms with Crippen molar-refractivity contribution in [1.29, 1.82) is 0 Å². The van der Waals surface area contributed by atoms with E-state index in [1.54, 1.807) is 41.3 Å². The highest BCUT2D eigenvalue weighted by Gasteiger charge is 2.45. The third-order valence-corrected chi connectivity index (χ3v) is 5.46. The molecule has 6 heteroatoms. The lowest BCUT2D eigenvalue weighted by atomic mass is 10.1. The molecule has 0 radical (unpaired) electrons. The number of hydrogen-bond donors (Lipinski definition) is 0. The number of rotatable bonds is 7. The Labute approximate surface area is 177 Å². The number of nitrogens with zero attached hydrogens (tertiary/aromatic N) is 2. The number of imide groups is 1. The zero-order chi connectivity index (χ0) is 21.8. The monoisotopic (exact) mass is 408 g/mol. The Morgan fingerprint density at radius 1 is 1.10 bits per heavy atom. The molecule has 3 amide bonds. The fourth-order valence-corrected chi connectivity index (χ4v) is 3.65. The van der Waals surface area contributed by atoms with E-state index < -0.39 is 6.04 Å². The largest absolute Gasteiger partial charge is 0.494 e. The standard InChI is InChI=1S/C24H28N2O4/c1-5-17(4)25(23(28)18-9-7-16(3)8-10-18)21-15-22(27)26(24(21)29)19-11-13-20(14-12-19)30-6-2/h7-14,17,21H,5-6,15H2,1-4H3. The van der Waals surface area contributed by atoms with Gasteiger partial charge in [-0.15, -0.1) is 0 Å². The van der Waals surface area contributed by atoms with E-state index in [9.17, 15) is 14.4 Å². The van der Waals surface area contributed by atoms with Crippen molar-refractivity contribution in [3.8, 4) is 5.75 Å². The Hall–Kier alpha value is -3.15. The molecular weight excluding hydrogens is 380 g/mol. The van der Waals surface area contributed by atoms with Gasteiger partial charge in [-0.05, 0) is 63.6 Å². The van der Waals surface area contributed by atoms with Crippen LogP contribution in [0.5, 0.6) is 5.75 Å². The summed E-state index contributed by atoms with van der Waals surface area (Å²) in [7, 11) is 0. The van der Waals surface area contributed by atoms with E-state index in [1.165, 1.54) is 4.90 Å². The molecule has 2 atom stereocenters. The maximum Gasteiger partial charge on any atom is 0.257 e. The Kier molecular flexibility index (Phi) is 6.55. The average Bonchev–Trinajstić information content (AvgIpc) is 3.03. The molecule has 30 heavy (non-hydrogen) atoms. The van der Waals surface area contributed by atoms with Gasteiger partial charge in [0.2, 0.25) is 5.91 Å². The Bertz CT molecular complexity index is 921. The van der Waals surface area contributed by atoms with E-state index in [2.05, 4.69) is 0 Å². The lowest BCUT2D eigenvalue weighted by molar-refractivity contribution is -0.122. The summed E-state index contributed by atoms with van der Waals surface area (Å²) in [5, 5.41) is 0. The fraction of sp³-hybridized carbons (Fsp3) is 0.375. The van der Waals surface area contributed by atoms with E-state index in [-0.39, 0.29) is 30.2 Å². The number of ether oxygens (including phenoxy) is 1. The molecule has 0 spiro atoms. The van der Waals surface area contributed by atoms with Crippen molar-refractivity contribution in [2.45, 2.75) is 52.6 Å². The Morgan fingerprint density at radius 2 is 1.73 bits per heavy atom. The quantitative estimate of drug-likeness (QED) is 0.650. The van der Waals surface area contributed by atoms with Gasteiger partial charge >= 0.3 is 0 Å². The summed E-state index contributed by atoms with van der Waals surface area (Å²) >= 11 is 0. The van der Waals surface area contributed by atoms with Crippen molar-refractivity contribution >= 4 is 23.4 Å². The number of aryl methyl sites for hydroxylation is 1. The first-order valence-electron chi connectivity index (χ1n) is 10.4. The summed E-state index contributed by atoms with van der Waals surface area (Å²) in [4.78, 5) is 42.1. The third kappa shape index (κ3) is 4.22. The van der Waals surface area contributed by atoms with Crippen LogP contribution in [0.1, 0.15) is 49.5 Å². The van der Waals surface area contributed by atoms with Crippen molar-refractivity contribution in [3.05, 3.63) is 59.7 Å². The molecule has 0 aromatic heterocycles. The van der Waals surface area contributed by atoms with E-state index in [4.69, 9.17) is 4.74 Å². The van der Waals surface area contributed by atoms with Crippen molar-refractivity contribution in [2.24, 2.45) is 0 Å². The van der Waals surface area contributed by atoms with Crippen LogP contribution >= 0.6 is 0 Å². The van der Waals surface area contributed by atoms with Gasteiger partial charge in [0.1, 0.15) is 11.8 Å². The van der Waals surface area contributed by atoms with Crippen LogP contribution in [0, 0.1) is 6.92 Å². The molecule has 0 N–H and O–H groups in total. The van der Waals surface area contributed by atoms with E-state index in [0.717, 1.165) is 5.56 Å². The maximum atomic E-state index is 13.3. The maximum absolute atomic E-state index is 13.3. The molecule has 2 unspecified atom stereocenters. The van der Waals surface area contributed by atoms with Gasteiger partial charge in [-0.3, -0.25) is 14.4 Å². The normalized spacial score (nSPS) is 17.2. The van der Waals surface area contributed by atoms with Crippen LogP contribution < -0.4 is 9.64 Å². The fourth-order valence-electron chi connectivity index (χ4n) is 3.65. The molecule has 1 fully saturated rings. The second-order valence-corrected chi connectivity index (χ2v) is 7.55. The van der Waals surface area contributed by atoms with Gasteiger partial charge in [-0.25, -0.2) is 4.90 Å². The topological polar surface area (TPSA) is 66.9 Å². The second kappa shape index (κ2) is 9.11.